The van der Waals surface area contributed by atoms with E-state index in [1.807, 2.05) is 54.6 Å². The van der Waals surface area contributed by atoms with Crippen LogP contribution in [0.1, 0.15) is 0 Å². The molecule has 7 rings (SSSR count). The lowest BCUT2D eigenvalue weighted by molar-refractivity contribution is 0.483. The van der Waals surface area contributed by atoms with Crippen LogP contribution in [-0.2, 0) is 0 Å². The summed E-state index contributed by atoms with van der Waals surface area (Å²) in [5.74, 6) is 2.83. The summed E-state index contributed by atoms with van der Waals surface area (Å²) in [6.45, 7) is 0. The van der Waals surface area contributed by atoms with Crippen molar-refractivity contribution in [3.63, 3.8) is 0 Å². The number of fused-ring (bicyclic) bond motifs is 6. The molecule has 37 heavy (non-hydrogen) atoms. The zero-order valence-corrected chi connectivity index (χ0v) is 19.9. The maximum absolute atomic E-state index is 5.92. The summed E-state index contributed by atoms with van der Waals surface area (Å²) in [5, 5.41) is 7.40. The topological polar surface area (TPSA) is 47.9 Å². The molecule has 1 heterocycles. The van der Waals surface area contributed by atoms with E-state index >= 15 is 0 Å². The van der Waals surface area contributed by atoms with Gasteiger partial charge in [-0.15, -0.1) is 0 Å². The van der Waals surface area contributed by atoms with Crippen molar-refractivity contribution in [1.29, 1.82) is 0 Å². The maximum atomic E-state index is 5.92. The van der Waals surface area contributed by atoms with Gasteiger partial charge in [-0.2, -0.15) is 0 Å². The van der Waals surface area contributed by atoms with Crippen molar-refractivity contribution in [2.24, 2.45) is 0 Å². The molecule has 0 unspecified atom stereocenters. The van der Waals surface area contributed by atoms with Crippen molar-refractivity contribution in [3.8, 4) is 34.3 Å². The molecule has 1 aromatic heterocycles. The van der Waals surface area contributed by atoms with E-state index in [2.05, 4.69) is 76.7 Å². The normalized spacial score (nSPS) is 11.2. The third-order valence-electron chi connectivity index (χ3n) is 6.67. The fraction of sp³-hybridized carbons (Fsp3) is 0. The monoisotopic (exact) mass is 475 g/mol. The van der Waals surface area contributed by atoms with E-state index in [4.69, 9.17) is 9.72 Å². The van der Waals surface area contributed by atoms with Gasteiger partial charge in [0.15, 0.2) is 11.6 Å². The van der Waals surface area contributed by atoms with E-state index in [9.17, 15) is 0 Å². The Kier molecular flexibility index (Phi) is 5.07. The number of benzene rings is 6. The smallest absolute Gasteiger partial charge is 0.163 e. The van der Waals surface area contributed by atoms with Crippen molar-refractivity contribution in [2.75, 3.05) is 0 Å². The van der Waals surface area contributed by atoms with Crippen LogP contribution in [0.2, 0.25) is 0 Å². The van der Waals surface area contributed by atoms with E-state index in [1.54, 1.807) is 6.33 Å². The lowest BCUT2D eigenvalue weighted by Gasteiger charge is -2.11. The SMILES string of the molecule is c1ccc(Oc2ccc(-c3ncnc(-c4ccc5c6ccccc6c6ccccc6c5c4)n3)cc2)cc1. The molecule has 6 aromatic carbocycles. The number of para-hydroxylation sites is 1. The zero-order valence-electron chi connectivity index (χ0n) is 19.9. The van der Waals surface area contributed by atoms with Crippen LogP contribution in [0.15, 0.2) is 128 Å². The highest BCUT2D eigenvalue weighted by atomic mass is 16.5. The van der Waals surface area contributed by atoms with Crippen molar-refractivity contribution >= 4 is 32.3 Å². The quantitative estimate of drug-likeness (QED) is 0.240. The fourth-order valence-corrected chi connectivity index (χ4v) is 4.92. The van der Waals surface area contributed by atoms with Crippen LogP contribution in [0, 0.1) is 0 Å². The average molecular weight is 476 g/mol. The third kappa shape index (κ3) is 3.85. The minimum Gasteiger partial charge on any atom is -0.457 e. The molecule has 4 heteroatoms. The standard InChI is InChI=1S/C33H21N3O/c1-2-8-24(9-3-1)37-25-17-14-22(15-18-25)32-34-21-35-33(36-32)23-16-19-30-28-12-5-4-10-26(28)27-11-6-7-13-29(27)31(30)20-23/h1-21H. The molecule has 0 spiro atoms. The summed E-state index contributed by atoms with van der Waals surface area (Å²) in [7, 11) is 0. The molecule has 0 saturated heterocycles. The molecule has 0 fully saturated rings. The molecule has 4 nitrogen and oxygen atoms in total. The third-order valence-corrected chi connectivity index (χ3v) is 6.67. The number of aromatic nitrogens is 3. The van der Waals surface area contributed by atoms with Crippen molar-refractivity contribution in [3.05, 3.63) is 128 Å². The molecule has 0 N–H and O–H groups in total. The molecule has 0 atom stereocenters. The van der Waals surface area contributed by atoms with Crippen molar-refractivity contribution in [1.82, 2.24) is 15.0 Å². The summed E-state index contributed by atoms with van der Waals surface area (Å²) in [6, 6.07) is 41.2. The van der Waals surface area contributed by atoms with Crippen LogP contribution in [-0.4, -0.2) is 15.0 Å². The molecule has 0 bridgehead atoms. The molecule has 0 radical (unpaired) electrons. The summed E-state index contributed by atoms with van der Waals surface area (Å²) >= 11 is 0. The number of hydrogen-bond acceptors (Lipinski definition) is 4. The highest BCUT2D eigenvalue weighted by molar-refractivity contribution is 6.25. The largest absolute Gasteiger partial charge is 0.457 e. The molecule has 174 valence electrons. The predicted molar refractivity (Wildman–Crippen MR) is 150 cm³/mol. The molecule has 0 aliphatic rings. The van der Waals surface area contributed by atoms with E-state index < -0.39 is 0 Å². The lowest BCUT2D eigenvalue weighted by atomic mass is 9.93. The van der Waals surface area contributed by atoms with Crippen LogP contribution in [0.3, 0.4) is 0 Å². The van der Waals surface area contributed by atoms with E-state index in [0.29, 0.717) is 11.6 Å². The van der Waals surface area contributed by atoms with Gasteiger partial charge in [0.2, 0.25) is 0 Å². The predicted octanol–water partition coefficient (Wildman–Crippen LogP) is 8.46. The molecule has 0 saturated carbocycles. The molecule has 7 aromatic rings. The summed E-state index contributed by atoms with van der Waals surface area (Å²) in [6.07, 6.45) is 1.58. The first-order valence-corrected chi connectivity index (χ1v) is 12.2. The lowest BCUT2D eigenvalue weighted by Crippen LogP contribution is -1.95. The Labute approximate surface area is 213 Å². The van der Waals surface area contributed by atoms with Crippen LogP contribution in [0.25, 0.3) is 55.1 Å². The second kappa shape index (κ2) is 8.85. The fourth-order valence-electron chi connectivity index (χ4n) is 4.92. The molecular formula is C33H21N3O. The minimum absolute atomic E-state index is 0.625. The average Bonchev–Trinajstić information content (AvgIpc) is 2.98. The Bertz CT molecular complexity index is 1860. The number of nitrogens with zero attached hydrogens (tertiary/aromatic N) is 3. The minimum atomic E-state index is 0.625. The van der Waals surface area contributed by atoms with Gasteiger partial charge < -0.3 is 4.74 Å². The highest BCUT2D eigenvalue weighted by Gasteiger charge is 2.12. The Balaban J connectivity index is 1.28. The van der Waals surface area contributed by atoms with Crippen molar-refractivity contribution < 1.29 is 4.74 Å². The first kappa shape index (κ1) is 21.2. The summed E-state index contributed by atoms with van der Waals surface area (Å²) in [5.41, 5.74) is 1.86. The van der Waals surface area contributed by atoms with E-state index in [-0.39, 0.29) is 0 Å². The second-order valence-corrected chi connectivity index (χ2v) is 8.92. The van der Waals surface area contributed by atoms with Crippen LogP contribution in [0.4, 0.5) is 0 Å². The van der Waals surface area contributed by atoms with Gasteiger partial charge in [-0.05, 0) is 74.8 Å². The number of ether oxygens (including phenoxy) is 1. The van der Waals surface area contributed by atoms with E-state index in [1.165, 1.54) is 32.3 Å². The van der Waals surface area contributed by atoms with Gasteiger partial charge in [0.25, 0.3) is 0 Å². The summed E-state index contributed by atoms with van der Waals surface area (Å²) in [4.78, 5) is 13.8. The van der Waals surface area contributed by atoms with Crippen molar-refractivity contribution in [2.45, 2.75) is 0 Å². The molecular weight excluding hydrogens is 454 g/mol. The molecule has 0 aliphatic heterocycles. The van der Waals surface area contributed by atoms with Gasteiger partial charge >= 0.3 is 0 Å². The van der Waals surface area contributed by atoms with E-state index in [0.717, 1.165) is 22.6 Å². The van der Waals surface area contributed by atoms with Gasteiger partial charge in [0, 0.05) is 11.1 Å². The number of rotatable bonds is 4. The van der Waals surface area contributed by atoms with Gasteiger partial charge in [-0.25, -0.2) is 15.0 Å². The second-order valence-electron chi connectivity index (χ2n) is 8.92. The van der Waals surface area contributed by atoms with Gasteiger partial charge in [-0.1, -0.05) is 78.9 Å². The highest BCUT2D eigenvalue weighted by Crippen LogP contribution is 2.36. The Morgan fingerprint density at radius 3 is 1.54 bits per heavy atom. The first-order chi connectivity index (χ1) is 18.3. The summed E-state index contributed by atoms with van der Waals surface area (Å²) < 4.78 is 5.92. The van der Waals surface area contributed by atoms with Gasteiger partial charge in [0.05, 0.1) is 0 Å². The van der Waals surface area contributed by atoms with Crippen LogP contribution >= 0.6 is 0 Å². The van der Waals surface area contributed by atoms with Gasteiger partial charge in [-0.3, -0.25) is 0 Å². The maximum Gasteiger partial charge on any atom is 0.163 e. The Morgan fingerprint density at radius 1 is 0.405 bits per heavy atom. The van der Waals surface area contributed by atoms with Crippen LogP contribution < -0.4 is 4.74 Å². The zero-order chi connectivity index (χ0) is 24.6. The van der Waals surface area contributed by atoms with Gasteiger partial charge in [0.1, 0.15) is 17.8 Å². The Morgan fingerprint density at radius 2 is 0.892 bits per heavy atom. The number of hydrogen-bond donors (Lipinski definition) is 0. The van der Waals surface area contributed by atoms with Crippen LogP contribution in [0.5, 0.6) is 11.5 Å². The molecule has 0 aliphatic carbocycles. The first-order valence-electron chi connectivity index (χ1n) is 12.2. The molecule has 0 amide bonds. The Hall–Kier alpha value is -5.09.